The van der Waals surface area contributed by atoms with E-state index in [1.807, 2.05) is 0 Å². The minimum atomic E-state index is -3.21. The average molecular weight is 300 g/mol. The molecule has 1 aromatic carbocycles. The molecule has 3 nitrogen and oxygen atoms in total. The number of hydrogen-bond acceptors (Lipinski definition) is 3. The Hall–Kier alpha value is -0.460. The van der Waals surface area contributed by atoms with Crippen LogP contribution in [0.1, 0.15) is 11.7 Å². The van der Waals surface area contributed by atoms with Crippen LogP contribution in [-0.2, 0) is 0 Å². The smallest absolute Gasteiger partial charge is 0.282 e. The standard InChI is InChI=1S/C11H13Cl2F2NO2/c12-7-1-2-9(13)8(3-7)10(18)4-16-5-11(14,15)6-17/h1-3,10,16-18H,4-6H2. The van der Waals surface area contributed by atoms with Gasteiger partial charge in [-0.05, 0) is 18.2 Å². The number of halogens is 4. The highest BCUT2D eigenvalue weighted by Crippen LogP contribution is 2.26. The number of benzene rings is 1. The topological polar surface area (TPSA) is 52.5 Å². The zero-order valence-corrected chi connectivity index (χ0v) is 10.8. The average Bonchev–Trinajstić information content (AvgIpc) is 2.32. The first-order valence-corrected chi connectivity index (χ1v) is 5.94. The largest absolute Gasteiger partial charge is 0.390 e. The number of alkyl halides is 2. The second kappa shape index (κ2) is 6.63. The van der Waals surface area contributed by atoms with Gasteiger partial charge in [0.2, 0.25) is 0 Å². The minimum Gasteiger partial charge on any atom is -0.390 e. The van der Waals surface area contributed by atoms with Crippen molar-refractivity contribution in [2.75, 3.05) is 19.7 Å². The van der Waals surface area contributed by atoms with E-state index in [2.05, 4.69) is 5.32 Å². The summed E-state index contributed by atoms with van der Waals surface area (Å²) in [6.45, 7) is -2.08. The quantitative estimate of drug-likeness (QED) is 0.755. The molecule has 0 heterocycles. The van der Waals surface area contributed by atoms with Crippen LogP contribution in [0, 0.1) is 0 Å². The maximum atomic E-state index is 12.7. The van der Waals surface area contributed by atoms with E-state index in [1.165, 1.54) is 12.1 Å². The summed E-state index contributed by atoms with van der Waals surface area (Å²) >= 11 is 11.6. The molecule has 0 radical (unpaired) electrons. The van der Waals surface area contributed by atoms with E-state index in [0.29, 0.717) is 15.6 Å². The van der Waals surface area contributed by atoms with Crippen LogP contribution in [0.3, 0.4) is 0 Å². The van der Waals surface area contributed by atoms with E-state index in [-0.39, 0.29) is 6.54 Å². The Labute approximate surface area is 113 Å². The molecule has 0 aliphatic carbocycles. The molecule has 0 saturated heterocycles. The third-order valence-electron chi connectivity index (χ3n) is 2.27. The lowest BCUT2D eigenvalue weighted by atomic mass is 10.1. The molecular formula is C11H13Cl2F2NO2. The van der Waals surface area contributed by atoms with E-state index in [1.54, 1.807) is 6.07 Å². The van der Waals surface area contributed by atoms with E-state index in [9.17, 15) is 13.9 Å². The Kier molecular flexibility index (Phi) is 5.75. The van der Waals surface area contributed by atoms with Gasteiger partial charge >= 0.3 is 0 Å². The summed E-state index contributed by atoms with van der Waals surface area (Å²) in [6, 6.07) is 4.55. The van der Waals surface area contributed by atoms with Crippen molar-refractivity contribution >= 4 is 23.2 Å². The molecule has 7 heteroatoms. The minimum absolute atomic E-state index is 0.115. The van der Waals surface area contributed by atoms with Crippen molar-refractivity contribution in [3.8, 4) is 0 Å². The molecule has 0 bridgehead atoms. The molecule has 1 aromatic rings. The highest BCUT2D eigenvalue weighted by Gasteiger charge is 2.27. The van der Waals surface area contributed by atoms with Gasteiger partial charge in [0, 0.05) is 22.2 Å². The van der Waals surface area contributed by atoms with E-state index in [0.717, 1.165) is 0 Å². The fourth-order valence-corrected chi connectivity index (χ4v) is 1.75. The van der Waals surface area contributed by atoms with Crippen LogP contribution in [0.4, 0.5) is 8.78 Å². The van der Waals surface area contributed by atoms with Crippen LogP contribution in [0.2, 0.25) is 10.0 Å². The monoisotopic (exact) mass is 299 g/mol. The lowest BCUT2D eigenvalue weighted by molar-refractivity contribution is -0.0488. The Balaban J connectivity index is 2.55. The van der Waals surface area contributed by atoms with E-state index in [4.69, 9.17) is 28.3 Å². The predicted molar refractivity (Wildman–Crippen MR) is 66.3 cm³/mol. The van der Waals surface area contributed by atoms with Crippen molar-refractivity contribution < 1.29 is 19.0 Å². The van der Waals surface area contributed by atoms with Gasteiger partial charge in [0.1, 0.15) is 6.61 Å². The van der Waals surface area contributed by atoms with Crippen LogP contribution in [0.25, 0.3) is 0 Å². The first kappa shape index (κ1) is 15.6. The molecule has 0 fully saturated rings. The third-order valence-corrected chi connectivity index (χ3v) is 2.85. The van der Waals surface area contributed by atoms with Gasteiger partial charge in [-0.25, -0.2) is 8.78 Å². The summed E-state index contributed by atoms with van der Waals surface area (Å²) in [5.41, 5.74) is 0.365. The lowest BCUT2D eigenvalue weighted by Gasteiger charge is -2.17. The van der Waals surface area contributed by atoms with Gasteiger partial charge in [0.25, 0.3) is 5.92 Å². The van der Waals surface area contributed by atoms with Crippen molar-refractivity contribution in [1.82, 2.24) is 5.32 Å². The summed E-state index contributed by atoms with van der Waals surface area (Å²) in [5, 5.41) is 21.2. The Morgan fingerprint density at radius 1 is 1.33 bits per heavy atom. The normalized spacial score (nSPS) is 13.7. The van der Waals surface area contributed by atoms with Crippen LogP contribution in [0.5, 0.6) is 0 Å². The zero-order chi connectivity index (χ0) is 13.8. The van der Waals surface area contributed by atoms with Gasteiger partial charge in [0.15, 0.2) is 0 Å². The van der Waals surface area contributed by atoms with E-state index >= 15 is 0 Å². The first-order valence-electron chi connectivity index (χ1n) is 5.18. The van der Waals surface area contributed by atoms with Crippen molar-refractivity contribution in [2.45, 2.75) is 12.0 Å². The van der Waals surface area contributed by atoms with Gasteiger partial charge in [-0.2, -0.15) is 0 Å². The molecule has 1 unspecified atom stereocenters. The highest BCUT2D eigenvalue weighted by molar-refractivity contribution is 6.33. The molecule has 1 atom stereocenters. The number of nitrogens with one attached hydrogen (secondary N) is 1. The first-order chi connectivity index (χ1) is 8.35. The molecule has 0 aliphatic rings. The van der Waals surface area contributed by atoms with Gasteiger partial charge in [-0.15, -0.1) is 0 Å². The molecule has 0 aliphatic heterocycles. The zero-order valence-electron chi connectivity index (χ0n) is 9.34. The fourth-order valence-electron chi connectivity index (χ4n) is 1.33. The van der Waals surface area contributed by atoms with Crippen molar-refractivity contribution in [2.24, 2.45) is 0 Å². The molecule has 3 N–H and O–H groups in total. The molecule has 0 aromatic heterocycles. The molecule has 0 spiro atoms. The molecule has 18 heavy (non-hydrogen) atoms. The van der Waals surface area contributed by atoms with Gasteiger partial charge in [0.05, 0.1) is 12.6 Å². The Bertz CT molecular complexity index is 405. The molecule has 0 saturated carbocycles. The van der Waals surface area contributed by atoms with Crippen LogP contribution in [0.15, 0.2) is 18.2 Å². The second-order valence-electron chi connectivity index (χ2n) is 3.83. The molecule has 1 rings (SSSR count). The second-order valence-corrected chi connectivity index (χ2v) is 4.67. The summed E-state index contributed by atoms with van der Waals surface area (Å²) in [4.78, 5) is 0. The molecule has 0 amide bonds. The lowest BCUT2D eigenvalue weighted by Crippen LogP contribution is -2.37. The number of aliphatic hydroxyl groups is 2. The molecular weight excluding hydrogens is 287 g/mol. The number of aliphatic hydroxyl groups excluding tert-OH is 2. The summed E-state index contributed by atoms with van der Waals surface area (Å²) in [7, 11) is 0. The van der Waals surface area contributed by atoms with Crippen molar-refractivity contribution in [1.29, 1.82) is 0 Å². The fraction of sp³-hybridized carbons (Fsp3) is 0.455. The summed E-state index contributed by atoms with van der Waals surface area (Å²) in [5.74, 6) is -3.21. The Morgan fingerprint density at radius 3 is 2.61 bits per heavy atom. The summed E-state index contributed by atoms with van der Waals surface area (Å²) < 4.78 is 25.4. The Morgan fingerprint density at radius 2 is 2.00 bits per heavy atom. The third kappa shape index (κ3) is 4.66. The van der Waals surface area contributed by atoms with E-state index < -0.39 is 25.2 Å². The maximum Gasteiger partial charge on any atom is 0.282 e. The van der Waals surface area contributed by atoms with Crippen molar-refractivity contribution in [3.05, 3.63) is 33.8 Å². The van der Waals surface area contributed by atoms with Gasteiger partial charge < -0.3 is 15.5 Å². The van der Waals surface area contributed by atoms with Crippen LogP contribution < -0.4 is 5.32 Å². The highest BCUT2D eigenvalue weighted by atomic mass is 35.5. The summed E-state index contributed by atoms with van der Waals surface area (Å²) in [6.07, 6.45) is -1.05. The SMILES string of the molecule is OCC(F)(F)CNCC(O)c1cc(Cl)ccc1Cl. The van der Waals surface area contributed by atoms with Crippen LogP contribution in [-0.4, -0.2) is 35.8 Å². The number of rotatable bonds is 6. The maximum absolute atomic E-state index is 12.7. The van der Waals surface area contributed by atoms with Crippen molar-refractivity contribution in [3.63, 3.8) is 0 Å². The van der Waals surface area contributed by atoms with Gasteiger partial charge in [-0.3, -0.25) is 0 Å². The van der Waals surface area contributed by atoms with Crippen LogP contribution >= 0.6 is 23.2 Å². The predicted octanol–water partition coefficient (Wildman–Crippen LogP) is 2.24. The number of hydrogen-bond donors (Lipinski definition) is 3. The van der Waals surface area contributed by atoms with Gasteiger partial charge in [-0.1, -0.05) is 23.2 Å². The molecule has 102 valence electrons.